The van der Waals surface area contributed by atoms with Crippen LogP contribution in [0.1, 0.15) is 21.5 Å². The summed E-state index contributed by atoms with van der Waals surface area (Å²) in [4.78, 5) is 27.2. The van der Waals surface area contributed by atoms with Crippen molar-refractivity contribution in [3.05, 3.63) is 64.2 Å². The lowest BCUT2D eigenvalue weighted by Crippen LogP contribution is -2.38. The van der Waals surface area contributed by atoms with Crippen LogP contribution in [0.25, 0.3) is 0 Å². The van der Waals surface area contributed by atoms with Gasteiger partial charge in [0, 0.05) is 18.0 Å². The van der Waals surface area contributed by atoms with Crippen LogP contribution in [-0.4, -0.2) is 36.2 Å². The highest BCUT2D eigenvalue weighted by molar-refractivity contribution is 7.98. The molecule has 1 amide bonds. The smallest absolute Gasteiger partial charge is 0.340 e. The van der Waals surface area contributed by atoms with Crippen molar-refractivity contribution in [2.45, 2.75) is 17.9 Å². The fraction of sp³-hybridized carbons (Fsp3) is 0.263. The van der Waals surface area contributed by atoms with Gasteiger partial charge in [0.1, 0.15) is 0 Å². The quantitative estimate of drug-likeness (QED) is 0.602. The van der Waals surface area contributed by atoms with Gasteiger partial charge in [0.15, 0.2) is 6.61 Å². The Morgan fingerprint density at radius 2 is 1.96 bits per heavy atom. The van der Waals surface area contributed by atoms with E-state index in [-0.39, 0.29) is 18.1 Å². The monoisotopic (exact) mass is 375 g/mol. The van der Waals surface area contributed by atoms with Crippen molar-refractivity contribution in [2.75, 3.05) is 19.4 Å². The molecule has 0 saturated carbocycles. The van der Waals surface area contributed by atoms with Crippen molar-refractivity contribution in [1.82, 2.24) is 4.90 Å². The maximum atomic E-state index is 12.4. The summed E-state index contributed by atoms with van der Waals surface area (Å²) in [6, 6.07) is 13.2. The summed E-state index contributed by atoms with van der Waals surface area (Å²) in [5.74, 6) is -0.772. The molecule has 0 aliphatic carbocycles. The molecule has 2 aromatic carbocycles. The van der Waals surface area contributed by atoms with Crippen molar-refractivity contribution >= 4 is 35.2 Å². The van der Waals surface area contributed by atoms with E-state index in [0.29, 0.717) is 18.1 Å². The number of thioether (sulfide) groups is 1. The Morgan fingerprint density at radius 3 is 2.72 bits per heavy atom. The molecule has 0 N–H and O–H groups in total. The summed E-state index contributed by atoms with van der Waals surface area (Å²) in [6.07, 6.45) is 2.73. The van der Waals surface area contributed by atoms with Gasteiger partial charge in [-0.1, -0.05) is 35.9 Å². The first-order valence-electron chi connectivity index (χ1n) is 7.93. The third-order valence-corrected chi connectivity index (χ3v) is 5.26. The Balaban J connectivity index is 1.60. The first kappa shape index (κ1) is 17.8. The predicted molar refractivity (Wildman–Crippen MR) is 99.1 cm³/mol. The topological polar surface area (TPSA) is 46.6 Å². The fourth-order valence-corrected chi connectivity index (χ4v) is 3.43. The lowest BCUT2D eigenvalue weighted by molar-refractivity contribution is -0.135. The summed E-state index contributed by atoms with van der Waals surface area (Å²) in [5.41, 5.74) is 2.69. The molecule has 0 fully saturated rings. The molecule has 1 aliphatic rings. The number of rotatable bonds is 4. The van der Waals surface area contributed by atoms with E-state index in [1.54, 1.807) is 17.0 Å². The Morgan fingerprint density at radius 1 is 1.20 bits per heavy atom. The third-order valence-electron chi connectivity index (χ3n) is 4.20. The van der Waals surface area contributed by atoms with E-state index < -0.39 is 5.97 Å². The summed E-state index contributed by atoms with van der Waals surface area (Å²) in [7, 11) is 0. The van der Waals surface area contributed by atoms with Crippen molar-refractivity contribution in [3.8, 4) is 0 Å². The number of carbonyl (C=O) groups is 2. The van der Waals surface area contributed by atoms with Gasteiger partial charge >= 0.3 is 5.97 Å². The number of ether oxygens (including phenoxy) is 1. The molecule has 4 nitrogen and oxygen atoms in total. The normalized spacial score (nSPS) is 13.3. The average Bonchev–Trinajstić information content (AvgIpc) is 2.65. The second-order valence-electron chi connectivity index (χ2n) is 5.76. The van der Waals surface area contributed by atoms with Gasteiger partial charge in [-0.25, -0.2) is 4.79 Å². The minimum absolute atomic E-state index is 0.194. The molecule has 0 unspecified atom stereocenters. The number of benzene rings is 2. The Bertz CT molecular complexity index is 809. The van der Waals surface area contributed by atoms with E-state index >= 15 is 0 Å². The first-order valence-corrected chi connectivity index (χ1v) is 9.54. The number of carbonyl (C=O) groups excluding carboxylic acids is 2. The van der Waals surface area contributed by atoms with Crippen molar-refractivity contribution in [2.24, 2.45) is 0 Å². The standard InChI is InChI=1S/C19H18ClNO3S/c1-25-15-6-7-17(20)16(10-15)19(23)24-12-18(22)21-9-8-13-4-2-3-5-14(13)11-21/h2-7,10H,8-9,11-12H2,1H3. The van der Waals surface area contributed by atoms with E-state index in [1.807, 2.05) is 30.5 Å². The van der Waals surface area contributed by atoms with Crippen LogP contribution < -0.4 is 0 Å². The molecule has 6 heteroatoms. The maximum Gasteiger partial charge on any atom is 0.340 e. The number of hydrogen-bond acceptors (Lipinski definition) is 4. The van der Waals surface area contributed by atoms with E-state index in [2.05, 4.69) is 6.07 Å². The molecule has 2 aromatic rings. The fourth-order valence-electron chi connectivity index (χ4n) is 2.79. The van der Waals surface area contributed by atoms with E-state index in [1.165, 1.54) is 17.3 Å². The van der Waals surface area contributed by atoms with Gasteiger partial charge in [0.25, 0.3) is 5.91 Å². The highest BCUT2D eigenvalue weighted by Crippen LogP contribution is 2.24. The van der Waals surface area contributed by atoms with Crippen molar-refractivity contribution < 1.29 is 14.3 Å². The number of amides is 1. The van der Waals surface area contributed by atoms with E-state index in [4.69, 9.17) is 16.3 Å². The molecule has 0 atom stereocenters. The van der Waals surface area contributed by atoms with Crippen LogP contribution in [0.3, 0.4) is 0 Å². The summed E-state index contributed by atoms with van der Waals surface area (Å²) >= 11 is 7.57. The van der Waals surface area contributed by atoms with Crippen molar-refractivity contribution in [3.63, 3.8) is 0 Å². The molecule has 130 valence electrons. The molecule has 0 radical (unpaired) electrons. The van der Waals surface area contributed by atoms with Crippen LogP contribution >= 0.6 is 23.4 Å². The third kappa shape index (κ3) is 4.17. The highest BCUT2D eigenvalue weighted by Gasteiger charge is 2.22. The van der Waals surface area contributed by atoms with Gasteiger partial charge in [-0.2, -0.15) is 0 Å². The number of fused-ring (bicyclic) bond motifs is 1. The number of hydrogen-bond donors (Lipinski definition) is 0. The van der Waals surface area contributed by atoms with Gasteiger partial charge in [-0.15, -0.1) is 11.8 Å². The largest absolute Gasteiger partial charge is 0.452 e. The summed E-state index contributed by atoms with van der Waals surface area (Å²) < 4.78 is 5.19. The van der Waals surface area contributed by atoms with Gasteiger partial charge in [0.05, 0.1) is 10.6 Å². The van der Waals surface area contributed by atoms with Crippen LogP contribution in [0.5, 0.6) is 0 Å². The zero-order chi connectivity index (χ0) is 17.8. The predicted octanol–water partition coefficient (Wildman–Crippen LogP) is 3.80. The molecule has 0 aromatic heterocycles. The molecule has 1 aliphatic heterocycles. The first-order chi connectivity index (χ1) is 12.1. The van der Waals surface area contributed by atoms with Crippen molar-refractivity contribution in [1.29, 1.82) is 0 Å². The number of esters is 1. The maximum absolute atomic E-state index is 12.4. The Labute approximate surface area is 156 Å². The summed E-state index contributed by atoms with van der Waals surface area (Å²) in [6.45, 7) is 0.909. The van der Waals surface area contributed by atoms with Crippen LogP contribution in [0, 0.1) is 0 Å². The molecule has 0 bridgehead atoms. The lowest BCUT2D eigenvalue weighted by Gasteiger charge is -2.28. The number of nitrogens with zero attached hydrogens (tertiary/aromatic N) is 1. The SMILES string of the molecule is CSc1ccc(Cl)c(C(=O)OCC(=O)N2CCc3ccccc3C2)c1. The molecule has 0 spiro atoms. The van der Waals surface area contributed by atoms with Crippen LogP contribution in [0.2, 0.25) is 5.02 Å². The highest BCUT2D eigenvalue weighted by atomic mass is 35.5. The second-order valence-corrected chi connectivity index (χ2v) is 7.04. The zero-order valence-corrected chi connectivity index (χ0v) is 15.4. The Hall–Kier alpha value is -1.98. The minimum atomic E-state index is -0.577. The molecule has 3 rings (SSSR count). The van der Waals surface area contributed by atoms with Crippen LogP contribution in [0.4, 0.5) is 0 Å². The van der Waals surface area contributed by atoms with Crippen LogP contribution in [-0.2, 0) is 22.5 Å². The molecule has 25 heavy (non-hydrogen) atoms. The van der Waals surface area contributed by atoms with Crippen LogP contribution in [0.15, 0.2) is 47.4 Å². The Kier molecular flexibility index (Phi) is 5.66. The lowest BCUT2D eigenvalue weighted by atomic mass is 10.00. The van der Waals surface area contributed by atoms with Gasteiger partial charge in [-0.05, 0) is 42.0 Å². The molecular weight excluding hydrogens is 358 g/mol. The van der Waals surface area contributed by atoms with Gasteiger partial charge in [-0.3, -0.25) is 4.79 Å². The van der Waals surface area contributed by atoms with Gasteiger partial charge < -0.3 is 9.64 Å². The van der Waals surface area contributed by atoms with Gasteiger partial charge in [0.2, 0.25) is 0 Å². The molecule has 1 heterocycles. The average molecular weight is 376 g/mol. The van der Waals surface area contributed by atoms with E-state index in [0.717, 1.165) is 16.9 Å². The zero-order valence-electron chi connectivity index (χ0n) is 13.8. The van der Waals surface area contributed by atoms with E-state index in [9.17, 15) is 9.59 Å². The minimum Gasteiger partial charge on any atom is -0.452 e. The summed E-state index contributed by atoms with van der Waals surface area (Å²) in [5, 5.41) is 0.321. The number of halogens is 1. The molecule has 0 saturated heterocycles. The second kappa shape index (κ2) is 7.93. The molecular formula is C19H18ClNO3S.